The maximum Gasteiger partial charge on any atom is 0.225 e. The number of benzene rings is 4. The van der Waals surface area contributed by atoms with Gasteiger partial charge in [0.1, 0.15) is 0 Å². The van der Waals surface area contributed by atoms with Gasteiger partial charge in [0.15, 0.2) is 23.0 Å². The number of ether oxygens (including phenoxy) is 4. The van der Waals surface area contributed by atoms with Crippen molar-refractivity contribution in [1.82, 2.24) is 0 Å². The van der Waals surface area contributed by atoms with Crippen LogP contribution in [0.1, 0.15) is 23.5 Å². The van der Waals surface area contributed by atoms with Crippen LogP contribution in [0.25, 0.3) is 21.5 Å². The molecule has 0 fully saturated rings. The molecule has 0 spiro atoms. The number of nitrogens with one attached hydrogen (secondary N) is 1. The van der Waals surface area contributed by atoms with Gasteiger partial charge in [-0.25, -0.2) is 0 Å². The van der Waals surface area contributed by atoms with Gasteiger partial charge in [0.2, 0.25) is 5.91 Å². The molecule has 1 heterocycles. The van der Waals surface area contributed by atoms with E-state index in [9.17, 15) is 4.79 Å². The topological polar surface area (TPSA) is 66.0 Å². The Kier molecular flexibility index (Phi) is 5.21. The van der Waals surface area contributed by atoms with Crippen molar-refractivity contribution >= 4 is 33.1 Å². The normalized spacial score (nSPS) is 15.2. The third kappa shape index (κ3) is 3.30. The summed E-state index contributed by atoms with van der Waals surface area (Å²) in [7, 11) is 6.47. The highest BCUT2D eigenvalue weighted by molar-refractivity contribution is 6.20. The quantitative estimate of drug-likeness (QED) is 0.413. The fourth-order valence-corrected chi connectivity index (χ4v) is 4.86. The molecule has 1 aliphatic rings. The highest BCUT2D eigenvalue weighted by Gasteiger charge is 2.31. The molecule has 0 radical (unpaired) electrons. The predicted molar refractivity (Wildman–Crippen MR) is 129 cm³/mol. The molecule has 6 heteroatoms. The molecule has 33 heavy (non-hydrogen) atoms. The van der Waals surface area contributed by atoms with Crippen LogP contribution in [0.5, 0.6) is 23.0 Å². The molecular formula is C27H25NO5. The van der Waals surface area contributed by atoms with Gasteiger partial charge < -0.3 is 24.3 Å². The van der Waals surface area contributed by atoms with Crippen LogP contribution in [0.15, 0.2) is 54.6 Å². The zero-order chi connectivity index (χ0) is 23.1. The summed E-state index contributed by atoms with van der Waals surface area (Å²) in [5.74, 6) is 2.36. The van der Waals surface area contributed by atoms with Crippen molar-refractivity contribution in [3.8, 4) is 23.0 Å². The molecule has 6 nitrogen and oxygen atoms in total. The molecule has 5 rings (SSSR count). The molecule has 0 bridgehead atoms. The van der Waals surface area contributed by atoms with Crippen LogP contribution < -0.4 is 24.3 Å². The molecule has 1 N–H and O–H groups in total. The highest BCUT2D eigenvalue weighted by atomic mass is 16.5. The van der Waals surface area contributed by atoms with Crippen LogP contribution in [0.4, 0.5) is 5.69 Å². The zero-order valence-corrected chi connectivity index (χ0v) is 19.0. The van der Waals surface area contributed by atoms with E-state index in [1.807, 2.05) is 42.5 Å². The molecule has 4 aromatic rings. The summed E-state index contributed by atoms with van der Waals surface area (Å²) in [5, 5.41) is 6.94. The lowest BCUT2D eigenvalue weighted by molar-refractivity contribution is -0.116. The van der Waals surface area contributed by atoms with E-state index in [1.54, 1.807) is 28.4 Å². The molecule has 1 atom stereocenters. The number of carbonyl (C=O) groups excluding carboxylic acids is 1. The Hall–Kier alpha value is -3.93. The highest BCUT2D eigenvalue weighted by Crippen LogP contribution is 2.50. The summed E-state index contributed by atoms with van der Waals surface area (Å²) in [5.41, 5.74) is 2.93. The van der Waals surface area contributed by atoms with Crippen molar-refractivity contribution < 1.29 is 23.7 Å². The summed E-state index contributed by atoms with van der Waals surface area (Å²) in [4.78, 5) is 12.9. The van der Waals surface area contributed by atoms with E-state index in [0.717, 1.165) is 38.4 Å². The van der Waals surface area contributed by atoms with Crippen LogP contribution >= 0.6 is 0 Å². The molecule has 4 aromatic carbocycles. The molecule has 0 aromatic heterocycles. The second kappa shape index (κ2) is 8.20. The van der Waals surface area contributed by atoms with Crippen molar-refractivity contribution in [2.45, 2.75) is 12.3 Å². The minimum absolute atomic E-state index is 0.0211. The van der Waals surface area contributed by atoms with E-state index < -0.39 is 0 Å². The summed E-state index contributed by atoms with van der Waals surface area (Å²) < 4.78 is 22.4. The van der Waals surface area contributed by atoms with Gasteiger partial charge in [-0.15, -0.1) is 0 Å². The molecular weight excluding hydrogens is 418 g/mol. The number of amides is 1. The zero-order valence-electron chi connectivity index (χ0n) is 19.0. The van der Waals surface area contributed by atoms with Crippen molar-refractivity contribution in [3.05, 3.63) is 65.7 Å². The lowest BCUT2D eigenvalue weighted by Crippen LogP contribution is -2.24. The van der Waals surface area contributed by atoms with Crippen molar-refractivity contribution in [2.24, 2.45) is 0 Å². The largest absolute Gasteiger partial charge is 0.493 e. The van der Waals surface area contributed by atoms with Gasteiger partial charge in [0.05, 0.1) is 34.1 Å². The molecule has 1 unspecified atom stereocenters. The van der Waals surface area contributed by atoms with Gasteiger partial charge in [0, 0.05) is 17.7 Å². The Labute approximate surface area is 192 Å². The van der Waals surface area contributed by atoms with E-state index in [-0.39, 0.29) is 11.8 Å². The Balaban J connectivity index is 1.97. The maximum absolute atomic E-state index is 12.9. The maximum atomic E-state index is 12.9. The first-order chi connectivity index (χ1) is 16.1. The van der Waals surface area contributed by atoms with Crippen molar-refractivity contribution in [2.75, 3.05) is 33.8 Å². The predicted octanol–water partition coefficient (Wildman–Crippen LogP) is 5.50. The van der Waals surface area contributed by atoms with Crippen LogP contribution in [0.2, 0.25) is 0 Å². The van der Waals surface area contributed by atoms with E-state index >= 15 is 0 Å². The Morgan fingerprint density at radius 2 is 1.18 bits per heavy atom. The standard InChI is InChI=1S/C27H25NO5/c1-30-21-10-17-18-11-22(31-2)24(33-4)13-20(18)27-26(19(17)12-23(21)32-3)16(14-25(29)28-27)15-8-6-5-7-9-15/h5-13,16H,14H2,1-4H3,(H,28,29). The van der Waals surface area contributed by atoms with Gasteiger partial charge in [-0.05, 0) is 51.6 Å². The minimum atomic E-state index is -0.104. The van der Waals surface area contributed by atoms with Crippen LogP contribution in [-0.4, -0.2) is 34.3 Å². The minimum Gasteiger partial charge on any atom is -0.493 e. The number of hydrogen-bond acceptors (Lipinski definition) is 5. The number of rotatable bonds is 5. The molecule has 1 aliphatic heterocycles. The number of methoxy groups -OCH3 is 4. The van der Waals surface area contributed by atoms with Crippen molar-refractivity contribution in [1.29, 1.82) is 0 Å². The van der Waals surface area contributed by atoms with Crippen LogP contribution in [0.3, 0.4) is 0 Å². The third-order valence-electron chi connectivity index (χ3n) is 6.37. The Bertz CT molecular complexity index is 1380. The van der Waals surface area contributed by atoms with E-state index in [2.05, 4.69) is 17.4 Å². The Morgan fingerprint density at radius 1 is 0.697 bits per heavy atom. The first kappa shape index (κ1) is 20.9. The monoisotopic (exact) mass is 443 g/mol. The average Bonchev–Trinajstić information content (AvgIpc) is 2.87. The fraction of sp³-hybridized carbons (Fsp3) is 0.222. The Morgan fingerprint density at radius 3 is 1.73 bits per heavy atom. The smallest absolute Gasteiger partial charge is 0.225 e. The van der Waals surface area contributed by atoms with E-state index in [0.29, 0.717) is 29.4 Å². The van der Waals surface area contributed by atoms with Gasteiger partial charge in [0.25, 0.3) is 0 Å². The van der Waals surface area contributed by atoms with Gasteiger partial charge in [-0.2, -0.15) is 0 Å². The number of hydrogen-bond donors (Lipinski definition) is 1. The molecule has 1 amide bonds. The first-order valence-electron chi connectivity index (χ1n) is 10.7. The number of fused-ring (bicyclic) bond motifs is 6. The third-order valence-corrected chi connectivity index (χ3v) is 6.37. The molecule has 0 saturated carbocycles. The molecule has 0 aliphatic carbocycles. The van der Waals surface area contributed by atoms with Crippen molar-refractivity contribution in [3.63, 3.8) is 0 Å². The average molecular weight is 443 g/mol. The van der Waals surface area contributed by atoms with Gasteiger partial charge in [-0.3, -0.25) is 4.79 Å². The molecule has 0 saturated heterocycles. The van der Waals surface area contributed by atoms with E-state index in [1.165, 1.54) is 0 Å². The van der Waals surface area contributed by atoms with Crippen LogP contribution in [-0.2, 0) is 4.79 Å². The second-order valence-corrected chi connectivity index (χ2v) is 8.01. The van der Waals surface area contributed by atoms with Gasteiger partial charge >= 0.3 is 0 Å². The lowest BCUT2D eigenvalue weighted by Gasteiger charge is -2.30. The summed E-state index contributed by atoms with van der Waals surface area (Å²) in [6.07, 6.45) is 0.360. The second-order valence-electron chi connectivity index (χ2n) is 8.01. The van der Waals surface area contributed by atoms with Gasteiger partial charge in [-0.1, -0.05) is 30.3 Å². The summed E-state index contributed by atoms with van der Waals surface area (Å²) >= 11 is 0. The lowest BCUT2D eigenvalue weighted by atomic mass is 9.80. The number of anilines is 1. The first-order valence-corrected chi connectivity index (χ1v) is 10.7. The summed E-state index contributed by atoms with van der Waals surface area (Å²) in [6.45, 7) is 0. The summed E-state index contributed by atoms with van der Waals surface area (Å²) in [6, 6.07) is 18.0. The molecule has 168 valence electrons. The fourth-order valence-electron chi connectivity index (χ4n) is 4.86. The number of carbonyl (C=O) groups is 1. The van der Waals surface area contributed by atoms with Crippen LogP contribution in [0, 0.1) is 0 Å². The SMILES string of the molecule is COc1cc2c3c(c4cc(OC)c(OC)cc4c2cc1OC)C(c1ccccc1)CC(=O)N3. The van der Waals surface area contributed by atoms with E-state index in [4.69, 9.17) is 18.9 Å².